The summed E-state index contributed by atoms with van der Waals surface area (Å²) in [4.78, 5) is 6.62. The lowest BCUT2D eigenvalue weighted by molar-refractivity contribution is -0.814. The van der Waals surface area contributed by atoms with Gasteiger partial charge in [0, 0.05) is 38.7 Å². The summed E-state index contributed by atoms with van der Waals surface area (Å²) in [6.07, 6.45) is 0. The molecule has 6 aromatic rings. The Balaban J connectivity index is 1.51. The van der Waals surface area contributed by atoms with Crippen LogP contribution in [-0.4, -0.2) is 19.7 Å². The van der Waals surface area contributed by atoms with Crippen LogP contribution in [0.25, 0.3) is 38.9 Å². The second kappa shape index (κ2) is 6.81. The Morgan fingerprint density at radius 3 is 1.76 bits per heavy atom. The molecule has 5 heteroatoms. The second-order valence-electron chi connectivity index (χ2n) is 8.43. The average Bonchev–Trinajstić information content (AvgIpc) is 3.37. The summed E-state index contributed by atoms with van der Waals surface area (Å²) >= 11 is 0. The number of aryl methyl sites for hydroxylation is 1. The fourth-order valence-electron chi connectivity index (χ4n) is 5.18. The van der Waals surface area contributed by atoms with E-state index < -0.39 is 0 Å². The standard InChI is InChI=1S/C28H20N5/c1-18-29-28(32-25-16-8-6-12-21(25)22-13-7-9-17-26(22)32)31-33(30-18)27-23-14-4-2-10-19(23)20-11-3-5-15-24(20)27/h2-17,27H,1H3/q+1. The highest BCUT2D eigenvalue weighted by molar-refractivity contribution is 6.08. The minimum atomic E-state index is -0.0917. The minimum Gasteiger partial charge on any atom is -0.273 e. The van der Waals surface area contributed by atoms with Gasteiger partial charge in [0.2, 0.25) is 0 Å². The number of benzene rings is 4. The van der Waals surface area contributed by atoms with Crippen molar-refractivity contribution in [3.8, 4) is 17.1 Å². The number of hydrogen-bond donors (Lipinski definition) is 0. The van der Waals surface area contributed by atoms with E-state index in [2.05, 4.69) is 102 Å². The highest BCUT2D eigenvalue weighted by Gasteiger charge is 2.38. The minimum absolute atomic E-state index is 0.0917. The van der Waals surface area contributed by atoms with Gasteiger partial charge in [-0.25, -0.2) is 0 Å². The lowest BCUT2D eigenvalue weighted by atomic mass is 10.1. The third kappa shape index (κ3) is 2.59. The number of rotatable bonds is 2. The molecule has 2 aromatic heterocycles. The Morgan fingerprint density at radius 2 is 1.15 bits per heavy atom. The highest BCUT2D eigenvalue weighted by Crippen LogP contribution is 2.42. The Labute approximate surface area is 190 Å². The van der Waals surface area contributed by atoms with Crippen LogP contribution in [0.5, 0.6) is 0 Å². The number of hydrogen-bond acceptors (Lipinski definition) is 3. The third-order valence-electron chi connectivity index (χ3n) is 6.51. The van der Waals surface area contributed by atoms with E-state index in [1.807, 2.05) is 11.7 Å². The topological polar surface area (TPSA) is 47.5 Å². The predicted octanol–water partition coefficient (Wildman–Crippen LogP) is 5.18. The van der Waals surface area contributed by atoms with Crippen LogP contribution < -0.4 is 4.80 Å². The van der Waals surface area contributed by atoms with Gasteiger partial charge in [-0.2, -0.15) is 4.98 Å². The molecule has 2 heterocycles. The van der Waals surface area contributed by atoms with Gasteiger partial charge in [-0.1, -0.05) is 84.9 Å². The summed E-state index contributed by atoms with van der Waals surface area (Å²) in [7, 11) is 0. The molecule has 0 atom stereocenters. The zero-order valence-electron chi connectivity index (χ0n) is 18.1. The maximum Gasteiger partial charge on any atom is 0.304 e. The van der Waals surface area contributed by atoms with E-state index in [0.29, 0.717) is 11.8 Å². The van der Waals surface area contributed by atoms with Crippen molar-refractivity contribution >= 4 is 21.8 Å². The Bertz CT molecular complexity index is 1600. The molecule has 0 fully saturated rings. The fourth-order valence-corrected chi connectivity index (χ4v) is 5.18. The van der Waals surface area contributed by atoms with Crippen LogP contribution in [0.1, 0.15) is 23.0 Å². The summed E-state index contributed by atoms with van der Waals surface area (Å²) in [5.41, 5.74) is 7.07. The molecule has 156 valence electrons. The van der Waals surface area contributed by atoms with Crippen LogP contribution in [0.3, 0.4) is 0 Å². The monoisotopic (exact) mass is 426 g/mol. The zero-order valence-corrected chi connectivity index (χ0v) is 18.1. The van der Waals surface area contributed by atoms with Crippen LogP contribution >= 0.6 is 0 Å². The molecule has 0 bridgehead atoms. The van der Waals surface area contributed by atoms with E-state index >= 15 is 0 Å². The first-order chi connectivity index (χ1) is 16.3. The number of para-hydroxylation sites is 2. The molecule has 0 spiro atoms. The molecule has 0 saturated heterocycles. The molecule has 0 radical (unpaired) electrons. The molecule has 0 aliphatic heterocycles. The van der Waals surface area contributed by atoms with Gasteiger partial charge in [-0.15, -0.1) is 0 Å². The molecule has 0 amide bonds. The van der Waals surface area contributed by atoms with Gasteiger partial charge in [-0.05, 0) is 23.3 Å². The SMILES string of the molecule is Cc1nc(-n2c3ccccc3c3ccccc32)n[n+](C2c3ccccc3-c3ccccc32)n1. The molecule has 1 aliphatic rings. The van der Waals surface area contributed by atoms with E-state index in [0.717, 1.165) is 11.0 Å². The Morgan fingerprint density at radius 1 is 0.636 bits per heavy atom. The molecule has 7 rings (SSSR count). The van der Waals surface area contributed by atoms with E-state index in [4.69, 9.17) is 15.2 Å². The molecule has 0 saturated carbocycles. The van der Waals surface area contributed by atoms with Crippen molar-refractivity contribution < 1.29 is 4.80 Å². The molecule has 0 unspecified atom stereocenters. The summed E-state index contributed by atoms with van der Waals surface area (Å²) in [6, 6.07) is 33.8. The van der Waals surface area contributed by atoms with Crippen molar-refractivity contribution in [1.29, 1.82) is 0 Å². The van der Waals surface area contributed by atoms with E-state index in [-0.39, 0.29) is 6.04 Å². The number of fused-ring (bicyclic) bond motifs is 6. The molecule has 4 aromatic carbocycles. The predicted molar refractivity (Wildman–Crippen MR) is 128 cm³/mol. The largest absolute Gasteiger partial charge is 0.304 e. The van der Waals surface area contributed by atoms with Crippen molar-refractivity contribution in [2.45, 2.75) is 13.0 Å². The molecule has 33 heavy (non-hydrogen) atoms. The van der Waals surface area contributed by atoms with Gasteiger partial charge >= 0.3 is 5.95 Å². The van der Waals surface area contributed by atoms with Crippen LogP contribution in [0.4, 0.5) is 0 Å². The normalized spacial score (nSPS) is 12.9. The van der Waals surface area contributed by atoms with Gasteiger partial charge < -0.3 is 0 Å². The molecular formula is C28H20N5+. The van der Waals surface area contributed by atoms with Crippen molar-refractivity contribution in [2.75, 3.05) is 0 Å². The zero-order chi connectivity index (χ0) is 21.9. The van der Waals surface area contributed by atoms with Crippen LogP contribution in [-0.2, 0) is 0 Å². The molecular weight excluding hydrogens is 406 g/mol. The highest BCUT2D eigenvalue weighted by atomic mass is 15.5. The summed E-state index contributed by atoms with van der Waals surface area (Å²) in [6.45, 7) is 1.93. The van der Waals surface area contributed by atoms with E-state index in [9.17, 15) is 0 Å². The van der Waals surface area contributed by atoms with Gasteiger partial charge in [0.15, 0.2) is 5.82 Å². The maximum absolute atomic E-state index is 5.01. The van der Waals surface area contributed by atoms with Crippen molar-refractivity contribution in [3.05, 3.63) is 114 Å². The molecule has 0 N–H and O–H groups in total. The second-order valence-corrected chi connectivity index (χ2v) is 8.43. The van der Waals surface area contributed by atoms with E-state index in [1.165, 1.54) is 33.0 Å². The Hall–Kier alpha value is -4.38. The first-order valence-corrected chi connectivity index (χ1v) is 11.1. The quantitative estimate of drug-likeness (QED) is 0.358. The van der Waals surface area contributed by atoms with E-state index in [1.54, 1.807) is 0 Å². The maximum atomic E-state index is 5.01. The van der Waals surface area contributed by atoms with Crippen LogP contribution in [0.2, 0.25) is 0 Å². The number of aromatic nitrogens is 5. The van der Waals surface area contributed by atoms with Crippen LogP contribution in [0.15, 0.2) is 97.1 Å². The average molecular weight is 427 g/mol. The summed E-state index contributed by atoms with van der Waals surface area (Å²) < 4.78 is 2.14. The first-order valence-electron chi connectivity index (χ1n) is 11.1. The summed E-state index contributed by atoms with van der Waals surface area (Å²) in [5, 5.41) is 12.2. The molecule has 5 nitrogen and oxygen atoms in total. The van der Waals surface area contributed by atoms with Gasteiger partial charge in [-0.3, -0.25) is 4.57 Å². The van der Waals surface area contributed by atoms with Crippen molar-refractivity contribution in [2.24, 2.45) is 0 Å². The lowest BCUT2D eigenvalue weighted by Gasteiger charge is -2.08. The lowest BCUT2D eigenvalue weighted by Crippen LogP contribution is -2.48. The van der Waals surface area contributed by atoms with Gasteiger partial charge in [0.1, 0.15) is 0 Å². The van der Waals surface area contributed by atoms with Crippen LogP contribution in [0, 0.1) is 6.92 Å². The van der Waals surface area contributed by atoms with Gasteiger partial charge in [0.05, 0.1) is 16.1 Å². The Kier molecular flexibility index (Phi) is 3.76. The van der Waals surface area contributed by atoms with Gasteiger partial charge in [0.25, 0.3) is 6.04 Å². The number of nitrogens with zero attached hydrogens (tertiary/aromatic N) is 5. The third-order valence-corrected chi connectivity index (χ3v) is 6.51. The fraction of sp³-hybridized carbons (Fsp3) is 0.0714. The molecule has 1 aliphatic carbocycles. The first kappa shape index (κ1) is 18.2. The van der Waals surface area contributed by atoms with Crippen molar-refractivity contribution in [1.82, 2.24) is 19.7 Å². The summed E-state index contributed by atoms with van der Waals surface area (Å²) in [5.74, 6) is 1.31. The van der Waals surface area contributed by atoms with Crippen molar-refractivity contribution in [3.63, 3.8) is 0 Å². The smallest absolute Gasteiger partial charge is 0.273 e.